The van der Waals surface area contributed by atoms with E-state index in [1.807, 2.05) is 29.6 Å². The molecule has 1 unspecified atom stereocenters. The third kappa shape index (κ3) is 2.94. The van der Waals surface area contributed by atoms with Crippen LogP contribution < -0.4 is 4.90 Å². The molecular formula is C19H22ClN5O2S. The summed E-state index contributed by atoms with van der Waals surface area (Å²) in [5.74, 6) is 1.54. The van der Waals surface area contributed by atoms with E-state index in [1.54, 1.807) is 0 Å². The Morgan fingerprint density at radius 1 is 1.14 bits per heavy atom. The minimum Gasteiger partial charge on any atom is -0.353 e. The SMILES string of the molecule is Cc1nn2c(nc(N3CCN(C4CCS(=O)(=O)C4)CC3)c3ccccc32)c1Cl. The third-order valence-corrected chi connectivity index (χ3v) is 8.08. The molecule has 28 heavy (non-hydrogen) atoms. The molecule has 1 atom stereocenters. The number of anilines is 1. The lowest BCUT2D eigenvalue weighted by atomic mass is 10.1. The molecule has 0 bridgehead atoms. The van der Waals surface area contributed by atoms with E-state index < -0.39 is 9.84 Å². The van der Waals surface area contributed by atoms with E-state index in [4.69, 9.17) is 16.6 Å². The van der Waals surface area contributed by atoms with Crippen molar-refractivity contribution in [1.82, 2.24) is 19.5 Å². The van der Waals surface area contributed by atoms with Gasteiger partial charge in [-0.05, 0) is 25.5 Å². The van der Waals surface area contributed by atoms with Crippen molar-refractivity contribution in [3.8, 4) is 0 Å². The predicted octanol–water partition coefficient (Wildman–Crippen LogP) is 2.15. The van der Waals surface area contributed by atoms with Crippen LogP contribution in [0.3, 0.4) is 0 Å². The molecule has 2 aliphatic rings. The zero-order chi connectivity index (χ0) is 19.5. The van der Waals surface area contributed by atoms with Gasteiger partial charge in [-0.25, -0.2) is 17.9 Å². The Hall–Kier alpha value is -1.90. The van der Waals surface area contributed by atoms with Crippen molar-refractivity contribution in [2.45, 2.75) is 19.4 Å². The fourth-order valence-electron chi connectivity index (χ4n) is 4.37. The second-order valence-corrected chi connectivity index (χ2v) is 10.3. The molecule has 1 aromatic carbocycles. The Kier molecular flexibility index (Phi) is 4.26. The first-order valence-corrected chi connectivity index (χ1v) is 11.8. The van der Waals surface area contributed by atoms with Crippen LogP contribution >= 0.6 is 11.6 Å². The highest BCUT2D eigenvalue weighted by Gasteiger charge is 2.34. The first-order valence-electron chi connectivity index (χ1n) is 9.56. The highest BCUT2D eigenvalue weighted by Crippen LogP contribution is 2.31. The molecule has 9 heteroatoms. The van der Waals surface area contributed by atoms with Crippen molar-refractivity contribution >= 4 is 43.8 Å². The molecule has 0 spiro atoms. The minimum absolute atomic E-state index is 0.159. The summed E-state index contributed by atoms with van der Waals surface area (Å²) in [6, 6.07) is 8.27. The van der Waals surface area contributed by atoms with Crippen LogP contribution in [0.4, 0.5) is 5.82 Å². The molecule has 0 radical (unpaired) electrons. The Bertz CT molecular complexity index is 1170. The highest BCUT2D eigenvalue weighted by atomic mass is 35.5. The molecule has 0 saturated carbocycles. The number of nitrogens with zero attached hydrogens (tertiary/aromatic N) is 5. The number of aryl methyl sites for hydroxylation is 1. The normalized spacial score (nSPS) is 23.1. The Labute approximate surface area is 168 Å². The lowest BCUT2D eigenvalue weighted by molar-refractivity contribution is 0.200. The smallest absolute Gasteiger partial charge is 0.176 e. The summed E-state index contributed by atoms with van der Waals surface area (Å²) in [6.45, 7) is 5.20. The Balaban J connectivity index is 1.47. The van der Waals surface area contributed by atoms with Crippen molar-refractivity contribution in [1.29, 1.82) is 0 Å². The monoisotopic (exact) mass is 419 g/mol. The number of aromatic nitrogens is 3. The van der Waals surface area contributed by atoms with E-state index in [-0.39, 0.29) is 6.04 Å². The van der Waals surface area contributed by atoms with Crippen LogP contribution in [0.2, 0.25) is 5.02 Å². The average molecular weight is 420 g/mol. The van der Waals surface area contributed by atoms with Crippen LogP contribution in [0.15, 0.2) is 24.3 Å². The van der Waals surface area contributed by atoms with Gasteiger partial charge < -0.3 is 4.90 Å². The topological polar surface area (TPSA) is 70.8 Å². The van der Waals surface area contributed by atoms with Gasteiger partial charge in [0, 0.05) is 37.6 Å². The van der Waals surface area contributed by atoms with E-state index in [0.717, 1.165) is 55.0 Å². The number of benzene rings is 1. The van der Waals surface area contributed by atoms with Gasteiger partial charge in [-0.15, -0.1) is 0 Å². The summed E-state index contributed by atoms with van der Waals surface area (Å²) < 4.78 is 25.4. The van der Waals surface area contributed by atoms with Crippen LogP contribution in [0, 0.1) is 6.92 Å². The second kappa shape index (κ2) is 6.57. The van der Waals surface area contributed by atoms with Crippen molar-refractivity contribution in [2.24, 2.45) is 0 Å². The molecule has 7 nitrogen and oxygen atoms in total. The molecule has 2 saturated heterocycles. The molecule has 2 aromatic heterocycles. The molecule has 0 aliphatic carbocycles. The molecular weight excluding hydrogens is 398 g/mol. The molecule has 2 fully saturated rings. The van der Waals surface area contributed by atoms with Gasteiger partial charge in [0.15, 0.2) is 15.5 Å². The van der Waals surface area contributed by atoms with Gasteiger partial charge in [-0.3, -0.25) is 4.90 Å². The van der Waals surface area contributed by atoms with E-state index in [1.165, 1.54) is 0 Å². The van der Waals surface area contributed by atoms with Crippen LogP contribution in [-0.2, 0) is 9.84 Å². The van der Waals surface area contributed by atoms with E-state index in [0.29, 0.717) is 22.2 Å². The number of rotatable bonds is 2. The predicted molar refractivity (Wildman–Crippen MR) is 111 cm³/mol. The van der Waals surface area contributed by atoms with Crippen molar-refractivity contribution < 1.29 is 8.42 Å². The van der Waals surface area contributed by atoms with Crippen molar-refractivity contribution in [3.63, 3.8) is 0 Å². The maximum Gasteiger partial charge on any atom is 0.176 e. The van der Waals surface area contributed by atoms with Gasteiger partial charge in [0.05, 0.1) is 22.7 Å². The summed E-state index contributed by atoms with van der Waals surface area (Å²) in [5, 5.41) is 6.18. The average Bonchev–Trinajstić information content (AvgIpc) is 3.21. The third-order valence-electron chi connectivity index (χ3n) is 5.89. The standard InChI is InChI=1S/C19H22ClN5O2S/c1-13-17(20)19-21-18(15-4-2-3-5-16(15)25(19)22-13)24-9-7-23(8-10-24)14-6-11-28(26,27)12-14/h2-5,14H,6-12H2,1H3. The van der Waals surface area contributed by atoms with E-state index >= 15 is 0 Å². The van der Waals surface area contributed by atoms with Gasteiger partial charge in [0.1, 0.15) is 10.8 Å². The lowest BCUT2D eigenvalue weighted by Gasteiger charge is -2.38. The second-order valence-electron chi connectivity index (χ2n) is 7.67. The summed E-state index contributed by atoms with van der Waals surface area (Å²) in [5.41, 5.74) is 2.43. The minimum atomic E-state index is -2.86. The van der Waals surface area contributed by atoms with Crippen LogP contribution in [0.1, 0.15) is 12.1 Å². The molecule has 5 rings (SSSR count). The Morgan fingerprint density at radius 2 is 1.89 bits per heavy atom. The van der Waals surface area contributed by atoms with Gasteiger partial charge in [0.25, 0.3) is 0 Å². The zero-order valence-electron chi connectivity index (χ0n) is 15.7. The highest BCUT2D eigenvalue weighted by molar-refractivity contribution is 7.91. The fourth-order valence-corrected chi connectivity index (χ4v) is 6.29. The van der Waals surface area contributed by atoms with Crippen LogP contribution in [0.25, 0.3) is 16.6 Å². The maximum absolute atomic E-state index is 11.8. The van der Waals surface area contributed by atoms with Gasteiger partial charge in [-0.2, -0.15) is 5.10 Å². The summed E-state index contributed by atoms with van der Waals surface area (Å²) >= 11 is 6.46. The maximum atomic E-state index is 11.8. The van der Waals surface area contributed by atoms with Crippen molar-refractivity contribution in [3.05, 3.63) is 35.0 Å². The van der Waals surface area contributed by atoms with Gasteiger partial charge >= 0.3 is 0 Å². The van der Waals surface area contributed by atoms with Crippen LogP contribution in [0.5, 0.6) is 0 Å². The number of fused-ring (bicyclic) bond motifs is 3. The lowest BCUT2D eigenvalue weighted by Crippen LogP contribution is -2.51. The number of hydrogen-bond acceptors (Lipinski definition) is 6. The zero-order valence-corrected chi connectivity index (χ0v) is 17.2. The molecule has 3 aromatic rings. The number of para-hydroxylation sites is 1. The number of hydrogen-bond donors (Lipinski definition) is 0. The molecule has 0 N–H and O–H groups in total. The first-order chi connectivity index (χ1) is 13.4. The quantitative estimate of drug-likeness (QED) is 0.633. The summed E-state index contributed by atoms with van der Waals surface area (Å²) in [7, 11) is -2.86. The number of halogens is 1. The Morgan fingerprint density at radius 3 is 2.61 bits per heavy atom. The first kappa shape index (κ1) is 18.1. The molecule has 4 heterocycles. The fraction of sp³-hybridized carbons (Fsp3) is 0.474. The summed E-state index contributed by atoms with van der Waals surface area (Å²) in [4.78, 5) is 9.47. The molecule has 148 valence electrons. The van der Waals surface area contributed by atoms with Crippen LogP contribution in [-0.4, -0.2) is 71.6 Å². The van der Waals surface area contributed by atoms with E-state index in [9.17, 15) is 8.42 Å². The molecule has 0 amide bonds. The van der Waals surface area contributed by atoms with Gasteiger partial charge in [-0.1, -0.05) is 23.7 Å². The number of sulfone groups is 1. The molecule has 2 aliphatic heterocycles. The summed E-state index contributed by atoms with van der Waals surface area (Å²) in [6.07, 6.45) is 0.750. The van der Waals surface area contributed by atoms with Gasteiger partial charge in [0.2, 0.25) is 0 Å². The van der Waals surface area contributed by atoms with Crippen molar-refractivity contribution in [2.75, 3.05) is 42.6 Å². The largest absolute Gasteiger partial charge is 0.353 e. The van der Waals surface area contributed by atoms with E-state index in [2.05, 4.69) is 21.0 Å². The number of piperazine rings is 1.